The number of aliphatic carboxylic acids is 1. The first-order valence-electron chi connectivity index (χ1n) is 16.2. The summed E-state index contributed by atoms with van der Waals surface area (Å²) in [6.45, 7) is 39.6. The Morgan fingerprint density at radius 3 is 1.04 bits per heavy atom. The Balaban J connectivity index is -0.000000128. The molecule has 304 valence electrons. The van der Waals surface area contributed by atoms with E-state index in [-0.39, 0.29) is 7.43 Å². The topological polar surface area (TPSA) is 184 Å². The maximum Gasteiger partial charge on any atom is 0.327 e. The molecular formula is C28H79O13P3Si5. The van der Waals surface area contributed by atoms with Gasteiger partial charge in [0.1, 0.15) is 0 Å². The van der Waals surface area contributed by atoms with Crippen molar-refractivity contribution in [1.82, 2.24) is 0 Å². The van der Waals surface area contributed by atoms with Crippen LogP contribution >= 0.6 is 22.8 Å². The molecule has 0 heterocycles. The SMILES string of the molecule is C.CC(=O)O.CCCCC[Si](C)(O[Si](C)(C)C)O[Si](C)(C)C.CCOP(C)(=O)OCC.CP(=O)(O)O.C[Si](C)(C)OP(C)(=O)O[Si](C)(C)C. The van der Waals surface area contributed by atoms with Gasteiger partial charge in [0.05, 0.1) is 13.2 Å². The summed E-state index contributed by atoms with van der Waals surface area (Å²) in [7, 11) is -17.6. The highest BCUT2D eigenvalue weighted by Crippen LogP contribution is 2.49. The standard InChI is InChI=1S/C12H32O2Si3.C7H21O3PSi2.C5H13O3P.C2H4O2.CH5O3P.CH4/c1-9-10-11-12-17(8,13-15(2,3)4)14-16(5,6)7;1-11(8,9-12(2,3)4)10-13(5,6)7;1-4-7-9(3,6)8-5-2;1-2(3)4;1-5(2,3)4;/h9-12H2,1-8H3;1-7H3;4-5H2,1-3H3;1H3,(H,3,4);1H3,(H2,2,3,4);1H4. The number of carboxylic acids is 1. The van der Waals surface area contributed by atoms with E-state index in [0.29, 0.717) is 13.2 Å². The number of carboxylic acid groups (broad SMARTS) is 1. The summed E-state index contributed by atoms with van der Waals surface area (Å²) in [5, 5.41) is 7.42. The van der Waals surface area contributed by atoms with Gasteiger partial charge in [0.15, 0.2) is 33.3 Å². The van der Waals surface area contributed by atoms with Gasteiger partial charge in [0.2, 0.25) is 0 Å². The Bertz CT molecular complexity index is 930. The van der Waals surface area contributed by atoms with Gasteiger partial charge in [-0.05, 0) is 105 Å². The molecular weight excluding hydrogens is 778 g/mol. The minimum absolute atomic E-state index is 0. The normalized spacial score (nSPS) is 12.7. The minimum Gasteiger partial charge on any atom is -0.481 e. The van der Waals surface area contributed by atoms with Crippen molar-refractivity contribution < 1.29 is 59.1 Å². The van der Waals surface area contributed by atoms with E-state index in [4.69, 9.17) is 45.4 Å². The molecule has 0 aromatic carbocycles. The maximum absolute atomic E-state index is 11.9. The molecule has 0 aromatic heterocycles. The molecule has 0 fully saturated rings. The average Bonchev–Trinajstić information content (AvgIpc) is 2.66. The second kappa shape index (κ2) is 27.5. The van der Waals surface area contributed by atoms with E-state index in [0.717, 1.165) is 19.6 Å². The predicted molar refractivity (Wildman–Crippen MR) is 222 cm³/mol. The Hall–Kier alpha value is 0.924. The van der Waals surface area contributed by atoms with Crippen LogP contribution < -0.4 is 0 Å². The fourth-order valence-corrected chi connectivity index (χ4v) is 25.7. The molecule has 0 spiro atoms. The highest BCUT2D eigenvalue weighted by Gasteiger charge is 2.39. The van der Waals surface area contributed by atoms with Gasteiger partial charge >= 0.3 is 31.3 Å². The second-order valence-electron chi connectivity index (χ2n) is 15.2. The molecule has 0 radical (unpaired) electrons. The molecule has 0 aliphatic heterocycles. The van der Waals surface area contributed by atoms with Crippen LogP contribution in [0.2, 0.25) is 91.2 Å². The first kappa shape index (κ1) is 61.9. The number of hydrogen-bond donors (Lipinski definition) is 3. The molecule has 0 unspecified atom stereocenters. The van der Waals surface area contributed by atoms with Gasteiger partial charge in [-0.3, -0.25) is 18.5 Å². The van der Waals surface area contributed by atoms with Crippen LogP contribution in [-0.4, -0.2) is 95.9 Å². The molecule has 0 saturated carbocycles. The third kappa shape index (κ3) is 71.1. The average molecular weight is 857 g/mol. The van der Waals surface area contributed by atoms with Crippen molar-refractivity contribution in [3.63, 3.8) is 0 Å². The monoisotopic (exact) mass is 856 g/mol. The fraction of sp³-hybridized carbons (Fsp3) is 0.964. The van der Waals surface area contributed by atoms with E-state index in [1.807, 2.05) is 39.3 Å². The summed E-state index contributed by atoms with van der Waals surface area (Å²) >= 11 is 0. The summed E-state index contributed by atoms with van der Waals surface area (Å²) in [6.07, 6.45) is 3.82. The number of rotatable bonds is 16. The number of hydrogen-bond acceptors (Lipinski definition) is 10. The van der Waals surface area contributed by atoms with Crippen molar-refractivity contribution in [2.45, 2.75) is 146 Å². The third-order valence-corrected chi connectivity index (χ3v) is 22.0. The highest BCUT2D eigenvalue weighted by atomic mass is 31.2. The first-order chi connectivity index (χ1) is 20.7. The summed E-state index contributed by atoms with van der Waals surface area (Å²) in [6, 6.07) is 1.16. The summed E-state index contributed by atoms with van der Waals surface area (Å²) in [5.41, 5.74) is 0. The van der Waals surface area contributed by atoms with Crippen LogP contribution in [0.15, 0.2) is 0 Å². The summed E-state index contributed by atoms with van der Waals surface area (Å²) in [4.78, 5) is 24.3. The van der Waals surface area contributed by atoms with Crippen LogP contribution in [-0.2, 0) is 44.2 Å². The van der Waals surface area contributed by atoms with Crippen molar-refractivity contribution >= 4 is 70.6 Å². The van der Waals surface area contributed by atoms with Gasteiger partial charge in [-0.2, -0.15) is 0 Å². The van der Waals surface area contributed by atoms with Gasteiger partial charge in [0, 0.05) is 26.9 Å². The molecule has 0 saturated heterocycles. The zero-order valence-corrected chi connectivity index (χ0v) is 41.7. The fourth-order valence-electron chi connectivity index (χ4n) is 3.63. The second-order valence-corrected chi connectivity index (χ2v) is 43.2. The van der Waals surface area contributed by atoms with Crippen molar-refractivity contribution in [2.24, 2.45) is 0 Å². The lowest BCUT2D eigenvalue weighted by atomic mass is 10.3. The van der Waals surface area contributed by atoms with Crippen LogP contribution in [0.1, 0.15) is 54.4 Å². The molecule has 0 rings (SSSR count). The lowest BCUT2D eigenvalue weighted by molar-refractivity contribution is -0.134. The molecule has 0 atom stereocenters. The van der Waals surface area contributed by atoms with Crippen LogP contribution in [0.4, 0.5) is 0 Å². The Morgan fingerprint density at radius 2 is 0.857 bits per heavy atom. The molecule has 13 nitrogen and oxygen atoms in total. The number of unbranched alkanes of at least 4 members (excludes halogenated alkanes) is 2. The summed E-state index contributed by atoms with van der Waals surface area (Å²) < 4.78 is 65.7. The van der Waals surface area contributed by atoms with Crippen LogP contribution in [0.5, 0.6) is 0 Å². The van der Waals surface area contributed by atoms with E-state index in [1.165, 1.54) is 25.9 Å². The van der Waals surface area contributed by atoms with E-state index in [9.17, 15) is 13.7 Å². The molecule has 0 bridgehead atoms. The zero-order valence-electron chi connectivity index (χ0n) is 34.0. The molecule has 0 aromatic rings. The molecule has 0 aliphatic carbocycles. The third-order valence-electron chi connectivity index (χ3n) is 3.89. The van der Waals surface area contributed by atoms with Crippen molar-refractivity contribution in [3.8, 4) is 0 Å². The summed E-state index contributed by atoms with van der Waals surface area (Å²) in [5.74, 6) is -0.833. The highest BCUT2D eigenvalue weighted by molar-refractivity contribution is 7.56. The van der Waals surface area contributed by atoms with Crippen LogP contribution in [0.3, 0.4) is 0 Å². The van der Waals surface area contributed by atoms with E-state index < -0.39 is 70.6 Å². The largest absolute Gasteiger partial charge is 0.481 e. The Labute approximate surface area is 307 Å². The Morgan fingerprint density at radius 1 is 0.592 bits per heavy atom. The zero-order chi connectivity index (χ0) is 40.1. The quantitative estimate of drug-likeness (QED) is 0.0757. The van der Waals surface area contributed by atoms with Gasteiger partial charge in [0.25, 0.3) is 5.97 Å². The Kier molecular flexibility index (Phi) is 34.8. The molecule has 21 heteroatoms. The maximum atomic E-state index is 11.9. The van der Waals surface area contributed by atoms with E-state index in [1.54, 1.807) is 20.5 Å². The van der Waals surface area contributed by atoms with Crippen LogP contribution in [0.25, 0.3) is 0 Å². The van der Waals surface area contributed by atoms with Gasteiger partial charge < -0.3 is 40.6 Å². The van der Waals surface area contributed by atoms with E-state index in [2.05, 4.69) is 52.8 Å². The van der Waals surface area contributed by atoms with Gasteiger partial charge in [-0.1, -0.05) is 33.6 Å². The molecule has 3 N–H and O–H groups in total. The molecule has 0 amide bonds. The van der Waals surface area contributed by atoms with Gasteiger partial charge in [-0.25, -0.2) is 0 Å². The van der Waals surface area contributed by atoms with Gasteiger partial charge in [-0.15, -0.1) is 0 Å². The molecule has 49 heavy (non-hydrogen) atoms. The van der Waals surface area contributed by atoms with Crippen molar-refractivity contribution in [3.05, 3.63) is 0 Å². The lowest BCUT2D eigenvalue weighted by Crippen LogP contribution is -2.52. The van der Waals surface area contributed by atoms with Crippen molar-refractivity contribution in [1.29, 1.82) is 0 Å². The van der Waals surface area contributed by atoms with Crippen molar-refractivity contribution in [2.75, 3.05) is 33.2 Å². The van der Waals surface area contributed by atoms with E-state index >= 15 is 0 Å². The lowest BCUT2D eigenvalue weighted by Gasteiger charge is -2.38. The molecule has 0 aliphatic rings. The van der Waals surface area contributed by atoms with Crippen LogP contribution in [0, 0.1) is 0 Å². The minimum atomic E-state index is -3.64. The number of carbonyl (C=O) groups is 1. The smallest absolute Gasteiger partial charge is 0.327 e. The predicted octanol–water partition coefficient (Wildman–Crippen LogP) is 10.9. The first-order valence-corrected chi connectivity index (χ1v) is 38.4.